The van der Waals surface area contributed by atoms with Gasteiger partial charge in [-0.3, -0.25) is 4.90 Å². The number of nitrogens with zero attached hydrogens (tertiary/aromatic N) is 1. The molecule has 1 nitrogen and oxygen atoms in total. The quantitative estimate of drug-likeness (QED) is 0.664. The van der Waals surface area contributed by atoms with E-state index < -0.39 is 0 Å². The van der Waals surface area contributed by atoms with E-state index in [1.807, 2.05) is 0 Å². The molecule has 0 radical (unpaired) electrons. The van der Waals surface area contributed by atoms with Crippen LogP contribution in [0.25, 0.3) is 0 Å². The van der Waals surface area contributed by atoms with Crippen molar-refractivity contribution in [3.8, 4) is 0 Å². The SMILES string of the molecule is CC(C)(CS)CN(CC1CC1)C1CC1. The molecular weight excluding hydrogens is 190 g/mol. The Kier molecular flexibility index (Phi) is 3.13. The summed E-state index contributed by atoms with van der Waals surface area (Å²) >= 11 is 4.44. The van der Waals surface area contributed by atoms with Crippen LogP contribution in [-0.4, -0.2) is 29.8 Å². The lowest BCUT2D eigenvalue weighted by molar-refractivity contribution is 0.179. The fourth-order valence-electron chi connectivity index (χ4n) is 2.01. The van der Waals surface area contributed by atoms with Crippen LogP contribution in [0.2, 0.25) is 0 Å². The smallest absolute Gasteiger partial charge is 0.00967 e. The minimum atomic E-state index is 0.389. The molecule has 0 aromatic heterocycles. The molecule has 0 N–H and O–H groups in total. The normalized spacial score (nSPS) is 23.1. The first kappa shape index (κ1) is 10.8. The summed E-state index contributed by atoms with van der Waals surface area (Å²) in [6, 6.07) is 0.926. The average Bonchev–Trinajstić information content (AvgIpc) is 2.97. The van der Waals surface area contributed by atoms with E-state index in [-0.39, 0.29) is 0 Å². The zero-order valence-electron chi connectivity index (χ0n) is 9.50. The van der Waals surface area contributed by atoms with Crippen molar-refractivity contribution in [1.29, 1.82) is 0 Å². The van der Waals surface area contributed by atoms with Crippen LogP contribution in [0.1, 0.15) is 39.5 Å². The number of rotatable bonds is 6. The van der Waals surface area contributed by atoms with E-state index in [2.05, 4.69) is 31.4 Å². The predicted molar refractivity (Wildman–Crippen MR) is 65.0 cm³/mol. The molecule has 2 heteroatoms. The van der Waals surface area contributed by atoms with Gasteiger partial charge in [0.05, 0.1) is 0 Å². The Hall–Kier alpha value is 0.310. The van der Waals surface area contributed by atoms with Crippen LogP contribution in [0.3, 0.4) is 0 Å². The van der Waals surface area contributed by atoms with Crippen LogP contribution in [0, 0.1) is 11.3 Å². The molecular formula is C12H23NS. The first-order valence-corrected chi connectivity index (χ1v) is 6.59. The van der Waals surface area contributed by atoms with E-state index >= 15 is 0 Å². The van der Waals surface area contributed by atoms with E-state index in [0.717, 1.165) is 17.7 Å². The largest absolute Gasteiger partial charge is 0.300 e. The van der Waals surface area contributed by atoms with Gasteiger partial charge in [0.1, 0.15) is 0 Å². The van der Waals surface area contributed by atoms with Gasteiger partial charge in [-0.05, 0) is 42.8 Å². The molecule has 0 spiro atoms. The Morgan fingerprint density at radius 3 is 2.29 bits per heavy atom. The third kappa shape index (κ3) is 3.16. The molecule has 2 fully saturated rings. The van der Waals surface area contributed by atoms with Gasteiger partial charge in [0.15, 0.2) is 0 Å². The van der Waals surface area contributed by atoms with Crippen molar-refractivity contribution in [3.63, 3.8) is 0 Å². The van der Waals surface area contributed by atoms with Crippen molar-refractivity contribution < 1.29 is 0 Å². The molecule has 14 heavy (non-hydrogen) atoms. The van der Waals surface area contributed by atoms with Gasteiger partial charge in [-0.2, -0.15) is 12.6 Å². The van der Waals surface area contributed by atoms with Gasteiger partial charge in [0.2, 0.25) is 0 Å². The highest BCUT2D eigenvalue weighted by atomic mass is 32.1. The summed E-state index contributed by atoms with van der Waals surface area (Å²) in [5, 5.41) is 0. The zero-order chi connectivity index (χ0) is 10.2. The van der Waals surface area contributed by atoms with Crippen LogP contribution in [0.4, 0.5) is 0 Å². The summed E-state index contributed by atoms with van der Waals surface area (Å²) < 4.78 is 0. The minimum Gasteiger partial charge on any atom is -0.300 e. The van der Waals surface area contributed by atoms with Gasteiger partial charge < -0.3 is 0 Å². The molecule has 2 aliphatic rings. The lowest BCUT2D eigenvalue weighted by Gasteiger charge is -2.31. The lowest BCUT2D eigenvalue weighted by Crippen LogP contribution is -2.38. The van der Waals surface area contributed by atoms with Gasteiger partial charge in [0, 0.05) is 19.1 Å². The van der Waals surface area contributed by atoms with E-state index in [4.69, 9.17) is 0 Å². The van der Waals surface area contributed by atoms with Crippen molar-refractivity contribution >= 4 is 12.6 Å². The van der Waals surface area contributed by atoms with Gasteiger partial charge in [-0.25, -0.2) is 0 Å². The molecule has 2 aliphatic carbocycles. The Morgan fingerprint density at radius 1 is 1.21 bits per heavy atom. The van der Waals surface area contributed by atoms with Crippen LogP contribution < -0.4 is 0 Å². The van der Waals surface area contributed by atoms with Gasteiger partial charge >= 0.3 is 0 Å². The van der Waals surface area contributed by atoms with Gasteiger partial charge in [-0.15, -0.1) is 0 Å². The fourth-order valence-corrected chi connectivity index (χ4v) is 2.11. The maximum absolute atomic E-state index is 4.44. The zero-order valence-corrected chi connectivity index (χ0v) is 10.4. The second-order valence-electron chi connectivity index (χ2n) is 5.93. The van der Waals surface area contributed by atoms with E-state index in [1.54, 1.807) is 0 Å². The maximum atomic E-state index is 4.44. The van der Waals surface area contributed by atoms with Crippen molar-refractivity contribution in [2.75, 3.05) is 18.8 Å². The van der Waals surface area contributed by atoms with Crippen molar-refractivity contribution in [3.05, 3.63) is 0 Å². The second kappa shape index (κ2) is 4.05. The van der Waals surface area contributed by atoms with E-state index in [9.17, 15) is 0 Å². The molecule has 82 valence electrons. The van der Waals surface area contributed by atoms with Crippen LogP contribution in [0.5, 0.6) is 0 Å². The second-order valence-corrected chi connectivity index (χ2v) is 6.24. The predicted octanol–water partition coefficient (Wildman–Crippen LogP) is 2.82. The molecule has 2 rings (SSSR count). The first-order chi connectivity index (χ1) is 6.61. The topological polar surface area (TPSA) is 3.24 Å². The molecule has 0 bridgehead atoms. The molecule has 0 atom stereocenters. The van der Waals surface area contributed by atoms with Crippen molar-refractivity contribution in [1.82, 2.24) is 4.90 Å². The maximum Gasteiger partial charge on any atom is 0.00967 e. The lowest BCUT2D eigenvalue weighted by atomic mass is 9.95. The molecule has 0 saturated heterocycles. The Morgan fingerprint density at radius 2 is 1.86 bits per heavy atom. The fraction of sp³-hybridized carbons (Fsp3) is 1.00. The summed E-state index contributed by atoms with van der Waals surface area (Å²) in [6.07, 6.45) is 5.83. The molecule has 0 aromatic rings. The van der Waals surface area contributed by atoms with Crippen LogP contribution >= 0.6 is 12.6 Å². The van der Waals surface area contributed by atoms with Gasteiger partial charge in [0.25, 0.3) is 0 Å². The van der Waals surface area contributed by atoms with Crippen LogP contribution in [-0.2, 0) is 0 Å². The highest BCUT2D eigenvalue weighted by Crippen LogP contribution is 2.36. The Balaban J connectivity index is 1.82. The third-order valence-corrected chi connectivity index (χ3v) is 4.17. The number of thiol groups is 1. The number of hydrogen-bond donors (Lipinski definition) is 1. The highest BCUT2D eigenvalue weighted by Gasteiger charge is 2.35. The first-order valence-electron chi connectivity index (χ1n) is 5.96. The molecule has 0 unspecified atom stereocenters. The summed E-state index contributed by atoms with van der Waals surface area (Å²) in [4.78, 5) is 2.73. The highest BCUT2D eigenvalue weighted by molar-refractivity contribution is 7.80. The Bertz CT molecular complexity index is 194. The summed E-state index contributed by atoms with van der Waals surface area (Å²) in [5.74, 6) is 2.03. The van der Waals surface area contributed by atoms with E-state index in [0.29, 0.717) is 5.41 Å². The molecule has 0 heterocycles. The van der Waals surface area contributed by atoms with Crippen molar-refractivity contribution in [2.24, 2.45) is 11.3 Å². The number of hydrogen-bond acceptors (Lipinski definition) is 2. The minimum absolute atomic E-state index is 0.389. The standard InChI is InChI=1S/C12H23NS/c1-12(2,9-14)8-13(11-5-6-11)7-10-3-4-10/h10-11,14H,3-9H2,1-2H3. The van der Waals surface area contributed by atoms with Gasteiger partial charge in [-0.1, -0.05) is 13.8 Å². The molecule has 0 aliphatic heterocycles. The average molecular weight is 213 g/mol. The van der Waals surface area contributed by atoms with Crippen molar-refractivity contribution in [2.45, 2.75) is 45.6 Å². The monoisotopic (exact) mass is 213 g/mol. The third-order valence-electron chi connectivity index (χ3n) is 3.31. The molecule has 2 saturated carbocycles. The summed E-state index contributed by atoms with van der Waals surface area (Å²) in [5.41, 5.74) is 0.389. The molecule has 0 amide bonds. The molecule has 0 aromatic carbocycles. The Labute approximate surface area is 93.7 Å². The van der Waals surface area contributed by atoms with Crippen LogP contribution in [0.15, 0.2) is 0 Å². The van der Waals surface area contributed by atoms with E-state index in [1.165, 1.54) is 38.8 Å². The summed E-state index contributed by atoms with van der Waals surface area (Å²) in [6.45, 7) is 7.28. The summed E-state index contributed by atoms with van der Waals surface area (Å²) in [7, 11) is 0.